The maximum Gasteiger partial charge on any atom is 0.255 e. The van der Waals surface area contributed by atoms with Crippen molar-refractivity contribution in [3.63, 3.8) is 0 Å². The molecule has 1 N–H and O–H groups in total. The van der Waals surface area contributed by atoms with E-state index in [4.69, 9.17) is 16.3 Å². The molecule has 4 aromatic rings. The minimum absolute atomic E-state index is 0.205. The van der Waals surface area contributed by atoms with Crippen LogP contribution in [0.3, 0.4) is 0 Å². The Morgan fingerprint density at radius 2 is 1.91 bits per heavy atom. The normalized spacial score (nSPS) is 10.7. The molecule has 1 amide bonds. The first-order chi connectivity index (χ1) is 15.5. The number of aromatic nitrogens is 2. The summed E-state index contributed by atoms with van der Waals surface area (Å²) in [5.74, 6) is 0.420. The van der Waals surface area contributed by atoms with Crippen LogP contribution in [0.15, 0.2) is 83.6 Å². The topological polar surface area (TPSA) is 56.1 Å². The second-order valence-electron chi connectivity index (χ2n) is 7.43. The molecule has 0 unspecified atom stereocenters. The molecule has 0 bridgehead atoms. The fourth-order valence-electron chi connectivity index (χ4n) is 3.18. The van der Waals surface area contributed by atoms with E-state index in [2.05, 4.69) is 26.3 Å². The minimum Gasteiger partial charge on any atom is -0.487 e. The van der Waals surface area contributed by atoms with Crippen molar-refractivity contribution in [2.45, 2.75) is 20.1 Å². The van der Waals surface area contributed by atoms with Crippen LogP contribution in [0.1, 0.15) is 27.0 Å². The molecule has 1 aromatic heterocycles. The Morgan fingerprint density at radius 3 is 2.72 bits per heavy atom. The fourth-order valence-corrected chi connectivity index (χ4v) is 3.62. The van der Waals surface area contributed by atoms with Gasteiger partial charge in [-0.2, -0.15) is 5.10 Å². The first-order valence-electron chi connectivity index (χ1n) is 10.0. The van der Waals surface area contributed by atoms with Crippen LogP contribution in [0.2, 0.25) is 5.02 Å². The third kappa shape index (κ3) is 5.78. The lowest BCUT2D eigenvalue weighted by Gasteiger charge is -2.10. The van der Waals surface area contributed by atoms with Gasteiger partial charge < -0.3 is 10.1 Å². The Balaban J connectivity index is 1.38. The monoisotopic (exact) mass is 509 g/mol. The van der Waals surface area contributed by atoms with Crippen molar-refractivity contribution in [2.75, 3.05) is 5.32 Å². The van der Waals surface area contributed by atoms with Crippen LogP contribution >= 0.6 is 27.5 Å². The number of nitrogens with one attached hydrogen (secondary N) is 1. The summed E-state index contributed by atoms with van der Waals surface area (Å²) in [6.07, 6.45) is 3.45. The number of nitrogens with zero attached hydrogens (tertiary/aromatic N) is 2. The summed E-state index contributed by atoms with van der Waals surface area (Å²) in [6, 6.07) is 21.0. The maximum atomic E-state index is 12.7. The fraction of sp³-hybridized carbons (Fsp3) is 0.120. The second-order valence-corrected chi connectivity index (χ2v) is 8.75. The molecule has 0 atom stereocenters. The average Bonchev–Trinajstić information content (AvgIpc) is 3.23. The van der Waals surface area contributed by atoms with E-state index in [0.717, 1.165) is 21.2 Å². The van der Waals surface area contributed by atoms with Gasteiger partial charge in [-0.3, -0.25) is 9.48 Å². The molecular weight excluding hydrogens is 490 g/mol. The van der Waals surface area contributed by atoms with E-state index in [-0.39, 0.29) is 5.91 Å². The zero-order valence-electron chi connectivity index (χ0n) is 17.4. The number of hydrogen-bond acceptors (Lipinski definition) is 3. The van der Waals surface area contributed by atoms with E-state index >= 15 is 0 Å². The van der Waals surface area contributed by atoms with E-state index in [1.807, 2.05) is 73.8 Å². The Bertz CT molecular complexity index is 1240. The third-order valence-corrected chi connectivity index (χ3v) is 5.66. The molecule has 162 valence electrons. The summed E-state index contributed by atoms with van der Waals surface area (Å²) in [5.41, 5.74) is 4.25. The summed E-state index contributed by atoms with van der Waals surface area (Å²) in [7, 11) is 0. The largest absolute Gasteiger partial charge is 0.487 e. The molecule has 0 radical (unpaired) electrons. The van der Waals surface area contributed by atoms with Gasteiger partial charge in [-0.25, -0.2) is 0 Å². The van der Waals surface area contributed by atoms with Crippen molar-refractivity contribution in [3.05, 3.63) is 111 Å². The highest BCUT2D eigenvalue weighted by molar-refractivity contribution is 9.10. The molecule has 0 spiro atoms. The van der Waals surface area contributed by atoms with Crippen LogP contribution in [0, 0.1) is 6.92 Å². The zero-order chi connectivity index (χ0) is 22.5. The summed E-state index contributed by atoms with van der Waals surface area (Å²) in [6.45, 7) is 2.92. The average molecular weight is 511 g/mol. The highest BCUT2D eigenvalue weighted by Gasteiger charge is 2.10. The van der Waals surface area contributed by atoms with Gasteiger partial charge in [-0.1, -0.05) is 57.9 Å². The number of rotatable bonds is 7. The molecule has 0 saturated heterocycles. The van der Waals surface area contributed by atoms with Crippen molar-refractivity contribution < 1.29 is 9.53 Å². The zero-order valence-corrected chi connectivity index (χ0v) is 19.7. The van der Waals surface area contributed by atoms with Crippen LogP contribution in [0.4, 0.5) is 5.69 Å². The maximum absolute atomic E-state index is 12.7. The lowest BCUT2D eigenvalue weighted by molar-refractivity contribution is 0.102. The number of ether oxygens (including phenoxy) is 1. The van der Waals surface area contributed by atoms with Gasteiger partial charge in [0.15, 0.2) is 0 Å². The molecule has 4 rings (SSSR count). The van der Waals surface area contributed by atoms with Gasteiger partial charge in [0.1, 0.15) is 12.4 Å². The summed E-state index contributed by atoms with van der Waals surface area (Å²) < 4.78 is 8.66. The van der Waals surface area contributed by atoms with Gasteiger partial charge in [0.05, 0.1) is 23.5 Å². The van der Waals surface area contributed by atoms with E-state index < -0.39 is 0 Å². The van der Waals surface area contributed by atoms with Crippen molar-refractivity contribution in [1.29, 1.82) is 0 Å². The Morgan fingerprint density at radius 1 is 1.09 bits per heavy atom. The lowest BCUT2D eigenvalue weighted by Crippen LogP contribution is -2.12. The molecular formula is C25H21BrClN3O2. The van der Waals surface area contributed by atoms with Gasteiger partial charge in [-0.15, -0.1) is 0 Å². The first-order valence-corrected chi connectivity index (χ1v) is 11.2. The van der Waals surface area contributed by atoms with E-state index in [1.165, 1.54) is 0 Å². The van der Waals surface area contributed by atoms with Gasteiger partial charge in [0, 0.05) is 16.2 Å². The second kappa shape index (κ2) is 10.0. The lowest BCUT2D eigenvalue weighted by atomic mass is 10.1. The standard InChI is InChI=1S/C25H21BrClN3O2/c1-17-5-10-23(27)24(11-17)32-16-19-3-2-4-20(12-19)25(31)29-22-13-28-30(15-22)14-18-6-8-21(26)9-7-18/h2-13,15H,14,16H2,1H3,(H,29,31). The molecule has 1 heterocycles. The van der Waals surface area contributed by atoms with E-state index in [0.29, 0.717) is 35.2 Å². The van der Waals surface area contributed by atoms with Crippen LogP contribution in [-0.4, -0.2) is 15.7 Å². The van der Waals surface area contributed by atoms with Crippen molar-refractivity contribution >= 4 is 39.1 Å². The molecule has 0 saturated carbocycles. The summed E-state index contributed by atoms with van der Waals surface area (Å²) >= 11 is 9.63. The van der Waals surface area contributed by atoms with Gasteiger partial charge >= 0.3 is 0 Å². The Hall–Kier alpha value is -3.09. The number of aryl methyl sites for hydroxylation is 1. The Labute approximate surface area is 200 Å². The smallest absolute Gasteiger partial charge is 0.255 e. The number of amides is 1. The van der Waals surface area contributed by atoms with E-state index in [1.54, 1.807) is 16.9 Å². The SMILES string of the molecule is Cc1ccc(Cl)c(OCc2cccc(C(=O)Nc3cnn(Cc4ccc(Br)cc4)c3)c2)c1. The van der Waals surface area contributed by atoms with Crippen LogP contribution in [0.25, 0.3) is 0 Å². The summed E-state index contributed by atoms with van der Waals surface area (Å²) in [5, 5.41) is 7.79. The van der Waals surface area contributed by atoms with Gasteiger partial charge in [-0.05, 0) is 60.0 Å². The van der Waals surface area contributed by atoms with Gasteiger partial charge in [0.25, 0.3) is 5.91 Å². The number of carbonyl (C=O) groups is 1. The predicted molar refractivity (Wildman–Crippen MR) is 130 cm³/mol. The molecule has 0 fully saturated rings. The summed E-state index contributed by atoms with van der Waals surface area (Å²) in [4.78, 5) is 12.7. The van der Waals surface area contributed by atoms with Gasteiger partial charge in [0.2, 0.25) is 0 Å². The Kier molecular flexibility index (Phi) is 6.93. The quantitative estimate of drug-likeness (QED) is 0.309. The number of carbonyl (C=O) groups excluding carboxylic acids is 1. The van der Waals surface area contributed by atoms with Crippen molar-refractivity contribution in [1.82, 2.24) is 9.78 Å². The van der Waals surface area contributed by atoms with Crippen LogP contribution in [0.5, 0.6) is 5.75 Å². The molecule has 3 aromatic carbocycles. The van der Waals surface area contributed by atoms with Crippen molar-refractivity contribution in [3.8, 4) is 5.75 Å². The highest BCUT2D eigenvalue weighted by Crippen LogP contribution is 2.26. The molecule has 5 nitrogen and oxygen atoms in total. The molecule has 0 aliphatic carbocycles. The number of hydrogen-bond donors (Lipinski definition) is 1. The van der Waals surface area contributed by atoms with Crippen molar-refractivity contribution in [2.24, 2.45) is 0 Å². The third-order valence-electron chi connectivity index (χ3n) is 4.82. The van der Waals surface area contributed by atoms with E-state index in [9.17, 15) is 4.79 Å². The highest BCUT2D eigenvalue weighted by atomic mass is 79.9. The van der Waals surface area contributed by atoms with Crippen LogP contribution in [-0.2, 0) is 13.2 Å². The minimum atomic E-state index is -0.205. The molecule has 32 heavy (non-hydrogen) atoms. The molecule has 7 heteroatoms. The first kappa shape index (κ1) is 22.1. The van der Waals surface area contributed by atoms with Crippen LogP contribution < -0.4 is 10.1 Å². The number of halogens is 2. The molecule has 0 aliphatic heterocycles. The predicted octanol–water partition coefficient (Wildman–Crippen LogP) is 6.49. The molecule has 0 aliphatic rings. The number of benzene rings is 3. The number of anilines is 1.